The minimum Gasteiger partial charge on any atom is -0.493 e. The summed E-state index contributed by atoms with van der Waals surface area (Å²) in [7, 11) is 0. The number of rotatable bonds is 2. The van der Waals surface area contributed by atoms with Crippen molar-refractivity contribution in [3.63, 3.8) is 0 Å². The lowest BCUT2D eigenvalue weighted by molar-refractivity contribution is 0.0378. The van der Waals surface area contributed by atoms with E-state index < -0.39 is 6.10 Å². The molecule has 0 saturated carbocycles. The van der Waals surface area contributed by atoms with Crippen LogP contribution in [0, 0.1) is 5.92 Å². The highest BCUT2D eigenvalue weighted by Crippen LogP contribution is 2.42. The molecule has 2 unspecified atom stereocenters. The van der Waals surface area contributed by atoms with E-state index in [0.717, 1.165) is 21.5 Å². The van der Waals surface area contributed by atoms with Crippen molar-refractivity contribution in [2.24, 2.45) is 5.92 Å². The van der Waals surface area contributed by atoms with E-state index >= 15 is 0 Å². The Morgan fingerprint density at radius 2 is 2.20 bits per heavy atom. The SMILES string of the molecule is CC(c1ccccn1)C1COc2cc(Br)ccc2[C@H]1O. The first-order valence-electron chi connectivity index (χ1n) is 6.68. The summed E-state index contributed by atoms with van der Waals surface area (Å²) in [5.74, 6) is 0.915. The Hall–Kier alpha value is -1.39. The first kappa shape index (κ1) is 13.6. The highest BCUT2D eigenvalue weighted by molar-refractivity contribution is 9.10. The molecule has 3 rings (SSSR count). The number of hydrogen-bond acceptors (Lipinski definition) is 3. The number of pyridine rings is 1. The van der Waals surface area contributed by atoms with E-state index in [4.69, 9.17) is 4.74 Å². The summed E-state index contributed by atoms with van der Waals surface area (Å²) in [5.41, 5.74) is 1.84. The van der Waals surface area contributed by atoms with Gasteiger partial charge in [-0.25, -0.2) is 0 Å². The molecule has 0 fully saturated rings. The van der Waals surface area contributed by atoms with Crippen molar-refractivity contribution in [1.82, 2.24) is 4.98 Å². The molecular formula is C16H16BrNO2. The lowest BCUT2D eigenvalue weighted by Crippen LogP contribution is -2.30. The average Bonchev–Trinajstić information content (AvgIpc) is 2.48. The van der Waals surface area contributed by atoms with Gasteiger partial charge in [0.1, 0.15) is 5.75 Å². The van der Waals surface area contributed by atoms with E-state index in [1.807, 2.05) is 36.4 Å². The van der Waals surface area contributed by atoms with Gasteiger partial charge in [-0.15, -0.1) is 0 Å². The van der Waals surface area contributed by atoms with Gasteiger partial charge in [0.25, 0.3) is 0 Å². The molecule has 2 aromatic rings. The second kappa shape index (κ2) is 5.54. The molecule has 0 radical (unpaired) electrons. The molecule has 1 aromatic carbocycles. The summed E-state index contributed by atoms with van der Waals surface area (Å²) in [4.78, 5) is 4.38. The molecule has 0 spiro atoms. The summed E-state index contributed by atoms with van der Waals surface area (Å²) in [5, 5.41) is 10.6. The van der Waals surface area contributed by atoms with Crippen molar-refractivity contribution < 1.29 is 9.84 Å². The normalized spacial score (nSPS) is 22.8. The summed E-state index contributed by atoms with van der Waals surface area (Å²) >= 11 is 3.42. The van der Waals surface area contributed by atoms with Gasteiger partial charge >= 0.3 is 0 Å². The van der Waals surface area contributed by atoms with Crippen LogP contribution in [-0.2, 0) is 0 Å². The van der Waals surface area contributed by atoms with Gasteiger partial charge in [-0.05, 0) is 24.3 Å². The third-order valence-corrected chi connectivity index (χ3v) is 4.42. The van der Waals surface area contributed by atoms with Crippen molar-refractivity contribution in [3.05, 3.63) is 58.3 Å². The third-order valence-electron chi connectivity index (χ3n) is 3.93. The Bertz CT molecular complexity index is 603. The Kier molecular flexibility index (Phi) is 3.76. The largest absolute Gasteiger partial charge is 0.493 e. The maximum absolute atomic E-state index is 10.6. The number of aromatic nitrogens is 1. The quantitative estimate of drug-likeness (QED) is 0.911. The monoisotopic (exact) mass is 333 g/mol. The van der Waals surface area contributed by atoms with E-state index in [2.05, 4.69) is 27.8 Å². The number of aliphatic hydroxyl groups is 1. The average molecular weight is 334 g/mol. The van der Waals surface area contributed by atoms with Crippen molar-refractivity contribution in [2.75, 3.05) is 6.61 Å². The molecule has 2 heterocycles. The van der Waals surface area contributed by atoms with Gasteiger partial charge in [-0.3, -0.25) is 4.98 Å². The van der Waals surface area contributed by atoms with E-state index in [0.29, 0.717) is 6.61 Å². The number of hydrogen-bond donors (Lipinski definition) is 1. The van der Waals surface area contributed by atoms with Crippen LogP contribution in [0.2, 0.25) is 0 Å². The highest BCUT2D eigenvalue weighted by atomic mass is 79.9. The van der Waals surface area contributed by atoms with Gasteiger partial charge in [-0.2, -0.15) is 0 Å². The number of nitrogens with zero attached hydrogens (tertiary/aromatic N) is 1. The van der Waals surface area contributed by atoms with E-state index in [1.54, 1.807) is 6.20 Å². The number of ether oxygens (including phenoxy) is 1. The second-order valence-corrected chi connectivity index (χ2v) is 6.06. The van der Waals surface area contributed by atoms with Gasteiger partial charge in [0.05, 0.1) is 12.7 Å². The molecule has 20 heavy (non-hydrogen) atoms. The number of fused-ring (bicyclic) bond motifs is 1. The molecule has 1 aliphatic rings. The topological polar surface area (TPSA) is 42.4 Å². The molecule has 1 aromatic heterocycles. The zero-order chi connectivity index (χ0) is 14.1. The number of halogens is 1. The fourth-order valence-electron chi connectivity index (χ4n) is 2.67. The predicted octanol–water partition coefficient (Wildman–Crippen LogP) is 3.69. The van der Waals surface area contributed by atoms with Gasteiger partial charge in [-0.1, -0.05) is 35.0 Å². The molecule has 0 aliphatic carbocycles. The maximum Gasteiger partial charge on any atom is 0.126 e. The Balaban J connectivity index is 1.88. The molecule has 0 amide bonds. The molecule has 104 valence electrons. The first-order valence-corrected chi connectivity index (χ1v) is 7.47. The third kappa shape index (κ3) is 2.45. The van der Waals surface area contributed by atoms with Crippen LogP contribution in [0.15, 0.2) is 47.1 Å². The molecule has 4 heteroatoms. The molecular weight excluding hydrogens is 318 g/mol. The van der Waals surface area contributed by atoms with Gasteiger partial charge in [0, 0.05) is 33.8 Å². The van der Waals surface area contributed by atoms with Gasteiger partial charge in [0.2, 0.25) is 0 Å². The zero-order valence-corrected chi connectivity index (χ0v) is 12.7. The Morgan fingerprint density at radius 3 is 2.95 bits per heavy atom. The molecule has 0 saturated heterocycles. The highest BCUT2D eigenvalue weighted by Gasteiger charge is 2.34. The van der Waals surface area contributed by atoms with Crippen LogP contribution in [0.3, 0.4) is 0 Å². The summed E-state index contributed by atoms with van der Waals surface area (Å²) in [6.07, 6.45) is 1.26. The molecule has 1 N–H and O–H groups in total. The standard InChI is InChI=1S/C16H16BrNO2/c1-10(14-4-2-3-7-18-14)13-9-20-15-8-11(17)5-6-12(15)16(13)19/h2-8,10,13,16,19H,9H2,1H3/t10?,13?,16-/m1/s1. The van der Waals surface area contributed by atoms with Crippen molar-refractivity contribution in [1.29, 1.82) is 0 Å². The fraction of sp³-hybridized carbons (Fsp3) is 0.312. The smallest absolute Gasteiger partial charge is 0.126 e. The van der Waals surface area contributed by atoms with Crippen LogP contribution in [0.4, 0.5) is 0 Å². The predicted molar refractivity (Wildman–Crippen MR) is 80.7 cm³/mol. The zero-order valence-electron chi connectivity index (χ0n) is 11.2. The summed E-state index contributed by atoms with van der Waals surface area (Å²) in [6.45, 7) is 2.59. The van der Waals surface area contributed by atoms with Crippen LogP contribution in [0.1, 0.15) is 30.2 Å². The second-order valence-electron chi connectivity index (χ2n) is 5.15. The van der Waals surface area contributed by atoms with Gasteiger partial charge in [0.15, 0.2) is 0 Å². The van der Waals surface area contributed by atoms with E-state index in [-0.39, 0.29) is 11.8 Å². The van der Waals surface area contributed by atoms with Crippen molar-refractivity contribution in [3.8, 4) is 5.75 Å². The molecule has 3 atom stereocenters. The summed E-state index contributed by atoms with van der Waals surface area (Å²) in [6, 6.07) is 11.6. The lowest BCUT2D eigenvalue weighted by atomic mass is 9.82. The fourth-order valence-corrected chi connectivity index (χ4v) is 3.01. The maximum atomic E-state index is 10.6. The van der Waals surface area contributed by atoms with E-state index in [1.165, 1.54) is 0 Å². The van der Waals surface area contributed by atoms with Gasteiger partial charge < -0.3 is 9.84 Å². The van der Waals surface area contributed by atoms with Crippen molar-refractivity contribution in [2.45, 2.75) is 18.9 Å². The van der Waals surface area contributed by atoms with E-state index in [9.17, 15) is 5.11 Å². The molecule has 3 nitrogen and oxygen atoms in total. The lowest BCUT2D eigenvalue weighted by Gasteiger charge is -2.34. The van der Waals surface area contributed by atoms with Crippen LogP contribution < -0.4 is 4.74 Å². The molecule has 1 aliphatic heterocycles. The first-order chi connectivity index (χ1) is 9.66. The molecule has 0 bridgehead atoms. The number of aliphatic hydroxyl groups excluding tert-OH is 1. The minimum absolute atomic E-state index is 0.0126. The van der Waals surface area contributed by atoms with Crippen LogP contribution >= 0.6 is 15.9 Å². The Labute approximate surface area is 126 Å². The summed E-state index contributed by atoms with van der Waals surface area (Å²) < 4.78 is 6.77. The van der Waals surface area contributed by atoms with Crippen LogP contribution in [0.25, 0.3) is 0 Å². The number of benzene rings is 1. The van der Waals surface area contributed by atoms with Crippen molar-refractivity contribution >= 4 is 15.9 Å². The Morgan fingerprint density at radius 1 is 1.35 bits per heavy atom. The van der Waals surface area contributed by atoms with Crippen LogP contribution in [0.5, 0.6) is 5.75 Å². The minimum atomic E-state index is -0.524. The van der Waals surface area contributed by atoms with Crippen LogP contribution in [-0.4, -0.2) is 16.7 Å².